The monoisotopic (exact) mass is 746 g/mol. The highest BCUT2D eigenvalue weighted by Crippen LogP contribution is 2.22. The molecule has 0 aromatic carbocycles. The molecule has 13 nitrogen and oxygen atoms in total. The molecule has 0 aromatic heterocycles. The smallest absolute Gasteiger partial charge is 0.374 e. The van der Waals surface area contributed by atoms with E-state index in [2.05, 4.69) is 6.58 Å². The van der Waals surface area contributed by atoms with E-state index in [9.17, 15) is 0 Å². The van der Waals surface area contributed by atoms with E-state index in [-0.39, 0.29) is 6.61 Å². The minimum Gasteiger partial charge on any atom is -0.374 e. The van der Waals surface area contributed by atoms with Crippen molar-refractivity contribution in [2.24, 2.45) is 0 Å². The second kappa shape index (κ2) is 30.5. The third-order valence-electron chi connectivity index (χ3n) is 6.61. The van der Waals surface area contributed by atoms with Crippen molar-refractivity contribution in [1.82, 2.24) is 0 Å². The van der Waals surface area contributed by atoms with Gasteiger partial charge in [-0.05, 0) is 81.6 Å². The molecule has 48 heavy (non-hydrogen) atoms. The fourth-order valence-electron chi connectivity index (χ4n) is 5.04. The highest BCUT2D eigenvalue weighted by Gasteiger charge is 2.42. The summed E-state index contributed by atoms with van der Waals surface area (Å²) >= 11 is 0. The Hall–Kier alpha value is -0.129. The summed E-state index contributed by atoms with van der Waals surface area (Å²) in [6.45, 7) is 27.3. The minimum atomic E-state index is -2.82. The molecule has 0 N–H and O–H groups in total. The highest BCUT2D eigenvalue weighted by molar-refractivity contribution is 6.61. The Morgan fingerprint density at radius 2 is 0.625 bits per heavy atom. The quantitative estimate of drug-likeness (QED) is 0.0311. The molecule has 0 radical (unpaired) electrons. The zero-order valence-corrected chi connectivity index (χ0v) is 34.7. The summed E-state index contributed by atoms with van der Waals surface area (Å²) in [5.74, 6) is 0. The fraction of sp³-hybridized carbons (Fsp3) is 0.938. The first-order chi connectivity index (χ1) is 23.3. The Morgan fingerprint density at radius 1 is 0.396 bits per heavy atom. The zero-order valence-electron chi connectivity index (χ0n) is 31.7. The first-order valence-corrected chi connectivity index (χ1v) is 23.9. The maximum absolute atomic E-state index is 6.32. The summed E-state index contributed by atoms with van der Waals surface area (Å²) in [6, 6.07) is 1.83. The van der Waals surface area contributed by atoms with E-state index in [4.69, 9.17) is 58.8 Å². The van der Waals surface area contributed by atoms with Crippen LogP contribution >= 0.6 is 0 Å². The van der Waals surface area contributed by atoms with E-state index in [1.165, 1.54) is 0 Å². The number of ether oxygens (including phenoxy) is 4. The van der Waals surface area contributed by atoms with Crippen molar-refractivity contribution in [3.63, 3.8) is 0 Å². The second-order valence-corrected chi connectivity index (χ2v) is 18.4. The first-order valence-electron chi connectivity index (χ1n) is 18.1. The van der Waals surface area contributed by atoms with Crippen LogP contribution in [0.15, 0.2) is 12.7 Å². The van der Waals surface area contributed by atoms with Crippen molar-refractivity contribution < 1.29 is 58.8 Å². The maximum atomic E-state index is 6.32. The van der Waals surface area contributed by atoms with E-state index < -0.39 is 39.0 Å². The first kappa shape index (κ1) is 47.9. The van der Waals surface area contributed by atoms with Gasteiger partial charge in [-0.2, -0.15) is 0 Å². The summed E-state index contributed by atoms with van der Waals surface area (Å²) in [6.07, 6.45) is 1.96. The number of hydrogen-bond acceptors (Lipinski definition) is 13. The molecule has 0 aliphatic rings. The van der Waals surface area contributed by atoms with Crippen molar-refractivity contribution in [2.45, 2.75) is 112 Å². The van der Waals surface area contributed by atoms with Crippen LogP contribution in [0.1, 0.15) is 81.6 Å². The van der Waals surface area contributed by atoms with Gasteiger partial charge in [-0.1, -0.05) is 6.08 Å². The number of hydrogen-bond donors (Lipinski definition) is 0. The van der Waals surface area contributed by atoms with Gasteiger partial charge in [0.1, 0.15) is 0 Å². The third kappa shape index (κ3) is 20.0. The molecule has 0 aliphatic carbocycles. The van der Waals surface area contributed by atoms with Gasteiger partial charge in [0, 0.05) is 97.4 Å². The van der Waals surface area contributed by atoms with Gasteiger partial charge >= 0.3 is 26.4 Å². The van der Waals surface area contributed by atoms with Crippen LogP contribution in [0.2, 0.25) is 18.1 Å². The lowest BCUT2D eigenvalue weighted by Crippen LogP contribution is -2.46. The van der Waals surface area contributed by atoms with Crippen LogP contribution in [0, 0.1) is 0 Å². The molecule has 0 amide bonds. The van der Waals surface area contributed by atoms with Gasteiger partial charge in [0.25, 0.3) is 0 Å². The predicted octanol–water partition coefficient (Wildman–Crippen LogP) is 6.21. The molecule has 1 unspecified atom stereocenters. The fourth-order valence-corrected chi connectivity index (χ4v) is 12.8. The molecular formula is C32H70O13Si3. The standard InChI is InChI=1S/C32H70O13Si3/c1-11-24-33-31(34-25-21-28-46(37-12-2,38-13-3)39-14-4)32(35-26-22-29-47(40-15-5,41-16-6)42-17-7)36-27-23-30-48(43-18-8,44-19-9)45-20-10/h11,31-32H,1,12-30H2,2-10H3. The molecule has 1 atom stereocenters. The predicted molar refractivity (Wildman–Crippen MR) is 192 cm³/mol. The van der Waals surface area contributed by atoms with Crippen LogP contribution in [0.25, 0.3) is 0 Å². The normalized spacial score (nSPS) is 13.5. The summed E-state index contributed by atoms with van der Waals surface area (Å²) in [7, 11) is -8.46. The van der Waals surface area contributed by atoms with Gasteiger partial charge in [-0.3, -0.25) is 0 Å². The van der Waals surface area contributed by atoms with Crippen LogP contribution in [0.3, 0.4) is 0 Å². The van der Waals surface area contributed by atoms with E-state index in [0.717, 1.165) is 0 Å². The van der Waals surface area contributed by atoms with Crippen LogP contribution < -0.4 is 0 Å². The molecule has 0 saturated carbocycles. The average Bonchev–Trinajstić information content (AvgIpc) is 3.05. The third-order valence-corrected chi connectivity index (χ3v) is 16.1. The summed E-state index contributed by atoms with van der Waals surface area (Å²) in [4.78, 5) is 0. The van der Waals surface area contributed by atoms with Gasteiger partial charge < -0.3 is 58.8 Å². The zero-order chi connectivity index (χ0) is 36.0. The van der Waals surface area contributed by atoms with Gasteiger partial charge in [0.15, 0.2) is 0 Å². The van der Waals surface area contributed by atoms with Gasteiger partial charge in [0.2, 0.25) is 12.6 Å². The Morgan fingerprint density at radius 3 is 0.833 bits per heavy atom. The van der Waals surface area contributed by atoms with Crippen molar-refractivity contribution >= 4 is 26.4 Å². The minimum absolute atomic E-state index is 0.257. The number of rotatable bonds is 37. The van der Waals surface area contributed by atoms with E-state index in [1.807, 2.05) is 62.3 Å². The topological polar surface area (TPSA) is 120 Å². The lowest BCUT2D eigenvalue weighted by Gasteiger charge is -2.31. The van der Waals surface area contributed by atoms with Crippen molar-refractivity contribution in [3.05, 3.63) is 12.7 Å². The molecule has 288 valence electrons. The average molecular weight is 747 g/mol. The van der Waals surface area contributed by atoms with Crippen molar-refractivity contribution in [1.29, 1.82) is 0 Å². The van der Waals surface area contributed by atoms with Gasteiger partial charge in [-0.25, -0.2) is 0 Å². The van der Waals surface area contributed by atoms with Crippen LogP contribution in [-0.2, 0) is 58.8 Å². The van der Waals surface area contributed by atoms with Crippen molar-refractivity contribution in [3.8, 4) is 0 Å². The molecule has 0 rings (SSSR count). The van der Waals surface area contributed by atoms with E-state index >= 15 is 0 Å². The molecule has 0 aliphatic heterocycles. The summed E-state index contributed by atoms with van der Waals surface area (Å²) < 4.78 is 79.1. The van der Waals surface area contributed by atoms with Crippen molar-refractivity contribution in [2.75, 3.05) is 85.9 Å². The summed E-state index contributed by atoms with van der Waals surface area (Å²) in [5, 5.41) is 0. The lowest BCUT2D eigenvalue weighted by atomic mass is 10.4. The molecule has 0 aromatic rings. The Labute approximate surface area is 295 Å². The molecule has 0 spiro atoms. The highest BCUT2D eigenvalue weighted by atomic mass is 28.4. The van der Waals surface area contributed by atoms with Gasteiger partial charge in [0.05, 0.1) is 6.61 Å². The van der Waals surface area contributed by atoms with Crippen LogP contribution in [0.4, 0.5) is 0 Å². The molecule has 16 heteroatoms. The largest absolute Gasteiger partial charge is 0.501 e. The summed E-state index contributed by atoms with van der Waals surface area (Å²) in [5.41, 5.74) is 0. The van der Waals surface area contributed by atoms with Crippen LogP contribution in [0.5, 0.6) is 0 Å². The lowest BCUT2D eigenvalue weighted by molar-refractivity contribution is -0.283. The Bertz CT molecular complexity index is 656. The van der Waals surface area contributed by atoms with E-state index in [1.54, 1.807) is 6.08 Å². The molecule has 0 fully saturated rings. The van der Waals surface area contributed by atoms with Crippen LogP contribution in [-0.4, -0.2) is 125 Å². The SMILES string of the molecule is C=CCOC(OCCC[Si](OCC)(OCC)OCC)C(OCCC[Si](OCC)(OCC)OCC)OCCC[Si](OCC)(OCC)OCC. The Kier molecular flexibility index (Phi) is 30.4. The molecule has 0 saturated heterocycles. The molecular weight excluding hydrogens is 677 g/mol. The maximum Gasteiger partial charge on any atom is 0.501 e. The van der Waals surface area contributed by atoms with E-state index in [0.29, 0.717) is 117 Å². The molecule has 0 bridgehead atoms. The second-order valence-electron chi connectivity index (χ2n) is 10.2. The van der Waals surface area contributed by atoms with Gasteiger partial charge in [-0.15, -0.1) is 6.58 Å². The Balaban J connectivity index is 5.77. The molecule has 0 heterocycles.